The number of aromatic amines is 1. The molecular formula is C13H21N3O3. The zero-order valence-corrected chi connectivity index (χ0v) is 11.8. The number of nitrogens with one attached hydrogen (secondary N) is 2. The summed E-state index contributed by atoms with van der Waals surface area (Å²) in [7, 11) is 0. The van der Waals surface area contributed by atoms with E-state index in [-0.39, 0.29) is 18.0 Å². The molecule has 3 N–H and O–H groups in total. The number of aliphatic carboxylic acids is 1. The molecule has 1 rings (SSSR count). The Bertz CT molecular complexity index is 510. The van der Waals surface area contributed by atoms with Gasteiger partial charge in [-0.05, 0) is 13.3 Å². The molecule has 0 bridgehead atoms. The third-order valence-corrected chi connectivity index (χ3v) is 3.26. The fourth-order valence-corrected chi connectivity index (χ4v) is 1.48. The van der Waals surface area contributed by atoms with Crippen molar-refractivity contribution in [2.24, 2.45) is 5.41 Å². The van der Waals surface area contributed by atoms with Gasteiger partial charge in [-0.2, -0.15) is 0 Å². The first-order valence-corrected chi connectivity index (χ1v) is 6.37. The van der Waals surface area contributed by atoms with Gasteiger partial charge >= 0.3 is 5.97 Å². The summed E-state index contributed by atoms with van der Waals surface area (Å²) in [6.07, 6.45) is 0.496. The van der Waals surface area contributed by atoms with E-state index >= 15 is 0 Å². The minimum atomic E-state index is -0.873. The normalized spacial score (nSPS) is 14.2. The molecule has 19 heavy (non-hydrogen) atoms. The highest BCUT2D eigenvalue weighted by Gasteiger charge is 2.30. The fraction of sp³-hybridized carbons (Fsp3) is 0.615. The van der Waals surface area contributed by atoms with E-state index in [9.17, 15) is 14.7 Å². The predicted octanol–water partition coefficient (Wildman–Crippen LogP) is 1.81. The van der Waals surface area contributed by atoms with Gasteiger partial charge < -0.3 is 15.4 Å². The third kappa shape index (κ3) is 3.81. The van der Waals surface area contributed by atoms with Crippen molar-refractivity contribution in [1.82, 2.24) is 9.97 Å². The van der Waals surface area contributed by atoms with Gasteiger partial charge in [-0.3, -0.25) is 9.59 Å². The van der Waals surface area contributed by atoms with Crippen LogP contribution < -0.4 is 10.9 Å². The molecule has 106 valence electrons. The molecule has 0 aromatic carbocycles. The van der Waals surface area contributed by atoms with Crippen molar-refractivity contribution < 1.29 is 9.90 Å². The van der Waals surface area contributed by atoms with Gasteiger partial charge in [0.15, 0.2) is 0 Å². The summed E-state index contributed by atoms with van der Waals surface area (Å²) < 4.78 is 0. The third-order valence-electron chi connectivity index (χ3n) is 3.26. The highest BCUT2D eigenvalue weighted by Crippen LogP contribution is 2.21. The Hall–Kier alpha value is -1.85. The topological polar surface area (TPSA) is 95.1 Å². The Kier molecular flexibility index (Phi) is 4.69. The van der Waals surface area contributed by atoms with Crippen LogP contribution in [0.25, 0.3) is 0 Å². The van der Waals surface area contributed by atoms with Gasteiger partial charge in [-0.15, -0.1) is 0 Å². The molecule has 1 aromatic rings. The molecule has 0 aliphatic carbocycles. The maximum Gasteiger partial charge on any atom is 0.311 e. The van der Waals surface area contributed by atoms with Crippen LogP contribution in [0.4, 0.5) is 5.82 Å². The first-order valence-electron chi connectivity index (χ1n) is 6.37. The molecule has 0 spiro atoms. The minimum Gasteiger partial charge on any atom is -0.481 e. The molecular weight excluding hydrogens is 246 g/mol. The molecule has 1 heterocycles. The van der Waals surface area contributed by atoms with Gasteiger partial charge in [-0.1, -0.05) is 20.8 Å². The van der Waals surface area contributed by atoms with Crippen molar-refractivity contribution in [3.05, 3.63) is 22.2 Å². The lowest BCUT2D eigenvalue weighted by molar-refractivity contribution is -0.147. The van der Waals surface area contributed by atoms with E-state index in [4.69, 9.17) is 0 Å². The summed E-state index contributed by atoms with van der Waals surface area (Å²) in [5.41, 5.74) is -1.11. The summed E-state index contributed by atoms with van der Waals surface area (Å²) in [6, 6.07) is 1.34. The maximum atomic E-state index is 11.5. The molecule has 0 aliphatic rings. The van der Waals surface area contributed by atoms with E-state index in [1.807, 2.05) is 20.8 Å². The van der Waals surface area contributed by atoms with E-state index < -0.39 is 11.4 Å². The lowest BCUT2D eigenvalue weighted by atomic mass is 9.88. The van der Waals surface area contributed by atoms with Crippen molar-refractivity contribution in [2.75, 3.05) is 11.9 Å². The van der Waals surface area contributed by atoms with Gasteiger partial charge in [0, 0.05) is 18.5 Å². The molecule has 0 saturated carbocycles. The van der Waals surface area contributed by atoms with E-state index in [1.165, 1.54) is 6.07 Å². The summed E-state index contributed by atoms with van der Waals surface area (Å²) >= 11 is 0. The standard InChI is InChI=1S/C13H21N3O3/c1-5-13(4,12(18)19)7-14-9-6-10(17)16-11(15-9)8(2)3/h6,8H,5,7H2,1-4H3,(H,18,19)(H2,14,15,16,17). The zero-order chi connectivity index (χ0) is 14.6. The average molecular weight is 267 g/mol. The van der Waals surface area contributed by atoms with E-state index in [2.05, 4.69) is 15.3 Å². The largest absolute Gasteiger partial charge is 0.481 e. The molecule has 6 heteroatoms. The number of nitrogens with zero attached hydrogens (tertiary/aromatic N) is 1. The van der Waals surface area contributed by atoms with E-state index in [0.717, 1.165) is 0 Å². The SMILES string of the molecule is CCC(C)(CNc1cc(=O)[nH]c(C(C)C)n1)C(=O)O. The zero-order valence-electron chi connectivity index (χ0n) is 11.8. The molecule has 1 aromatic heterocycles. The second-order valence-corrected chi connectivity index (χ2v) is 5.24. The number of H-pyrrole nitrogens is 1. The molecule has 0 amide bonds. The van der Waals surface area contributed by atoms with Crippen LogP contribution in [0.3, 0.4) is 0 Å². The molecule has 1 atom stereocenters. The van der Waals surface area contributed by atoms with Crippen LogP contribution >= 0.6 is 0 Å². The van der Waals surface area contributed by atoms with E-state index in [0.29, 0.717) is 18.1 Å². The van der Waals surface area contributed by atoms with Gasteiger partial charge in [0.05, 0.1) is 5.41 Å². The van der Waals surface area contributed by atoms with Crippen LogP contribution in [0.5, 0.6) is 0 Å². The molecule has 0 fully saturated rings. The number of carbonyl (C=O) groups is 1. The van der Waals surface area contributed by atoms with E-state index in [1.54, 1.807) is 6.92 Å². The van der Waals surface area contributed by atoms with Gasteiger partial charge in [0.1, 0.15) is 11.6 Å². The summed E-state index contributed by atoms with van der Waals surface area (Å²) in [6.45, 7) is 7.57. The van der Waals surface area contributed by atoms with Crippen LogP contribution in [0, 0.1) is 5.41 Å². The molecule has 0 radical (unpaired) electrons. The molecule has 0 saturated heterocycles. The Balaban J connectivity index is 2.89. The lowest BCUT2D eigenvalue weighted by Crippen LogP contribution is -2.34. The Morgan fingerprint density at radius 2 is 2.21 bits per heavy atom. The van der Waals surface area contributed by atoms with Crippen molar-refractivity contribution in [3.63, 3.8) is 0 Å². The van der Waals surface area contributed by atoms with Gasteiger partial charge in [-0.25, -0.2) is 4.98 Å². The number of carboxylic acid groups (broad SMARTS) is 1. The van der Waals surface area contributed by atoms with Crippen molar-refractivity contribution in [1.29, 1.82) is 0 Å². The number of anilines is 1. The number of carboxylic acids is 1. The second kappa shape index (κ2) is 5.86. The van der Waals surface area contributed by atoms with Crippen LogP contribution in [0.2, 0.25) is 0 Å². The van der Waals surface area contributed by atoms with Gasteiger partial charge in [0.2, 0.25) is 0 Å². The van der Waals surface area contributed by atoms with Crippen molar-refractivity contribution in [3.8, 4) is 0 Å². The van der Waals surface area contributed by atoms with Crippen LogP contribution in [0.15, 0.2) is 10.9 Å². The van der Waals surface area contributed by atoms with Crippen molar-refractivity contribution >= 4 is 11.8 Å². The molecule has 0 aliphatic heterocycles. The minimum absolute atomic E-state index is 0.103. The molecule has 1 unspecified atom stereocenters. The predicted molar refractivity (Wildman–Crippen MR) is 73.5 cm³/mol. The fourth-order valence-electron chi connectivity index (χ4n) is 1.48. The monoisotopic (exact) mass is 267 g/mol. The smallest absolute Gasteiger partial charge is 0.311 e. The Labute approximate surface area is 112 Å². The average Bonchev–Trinajstić information content (AvgIpc) is 2.35. The van der Waals surface area contributed by atoms with Crippen LogP contribution in [-0.2, 0) is 4.79 Å². The first-order chi connectivity index (χ1) is 8.78. The maximum absolute atomic E-state index is 11.5. The van der Waals surface area contributed by atoms with Crippen molar-refractivity contribution in [2.45, 2.75) is 40.0 Å². The summed E-state index contributed by atoms with van der Waals surface area (Å²) in [5, 5.41) is 12.1. The van der Waals surface area contributed by atoms with Crippen LogP contribution in [0.1, 0.15) is 45.9 Å². The van der Waals surface area contributed by atoms with Crippen LogP contribution in [-0.4, -0.2) is 27.6 Å². The first kappa shape index (κ1) is 15.2. The summed E-state index contributed by atoms with van der Waals surface area (Å²) in [5.74, 6) is 0.236. The number of hydrogen-bond acceptors (Lipinski definition) is 4. The number of rotatable bonds is 6. The second-order valence-electron chi connectivity index (χ2n) is 5.24. The Morgan fingerprint density at radius 1 is 1.58 bits per heavy atom. The Morgan fingerprint density at radius 3 is 2.68 bits per heavy atom. The number of aromatic nitrogens is 2. The highest BCUT2D eigenvalue weighted by atomic mass is 16.4. The quantitative estimate of drug-likeness (QED) is 0.730. The highest BCUT2D eigenvalue weighted by molar-refractivity contribution is 5.74. The van der Waals surface area contributed by atoms with Gasteiger partial charge in [0.25, 0.3) is 5.56 Å². The number of hydrogen-bond donors (Lipinski definition) is 3. The molecule has 6 nitrogen and oxygen atoms in total. The lowest BCUT2D eigenvalue weighted by Gasteiger charge is -2.23. The summed E-state index contributed by atoms with van der Waals surface area (Å²) in [4.78, 5) is 29.6.